The highest BCUT2D eigenvalue weighted by molar-refractivity contribution is 6.30. The molecule has 1 unspecified atom stereocenters. The molecule has 1 atom stereocenters. The van der Waals surface area contributed by atoms with Crippen LogP contribution in [0.1, 0.15) is 44.5 Å². The average molecular weight is 488 g/mol. The number of fused-ring (bicyclic) bond motifs is 1. The van der Waals surface area contributed by atoms with Crippen molar-refractivity contribution in [1.29, 1.82) is 0 Å². The molecule has 0 spiro atoms. The predicted octanol–water partition coefficient (Wildman–Crippen LogP) is 6.59. The Hall–Kier alpha value is -3.31. The normalized spacial score (nSPS) is 16.3. The number of benzene rings is 3. The highest BCUT2D eigenvalue weighted by atomic mass is 35.5. The lowest BCUT2D eigenvalue weighted by Crippen LogP contribution is -2.24. The van der Waals surface area contributed by atoms with Crippen LogP contribution >= 0.6 is 11.6 Å². The highest BCUT2D eigenvalue weighted by Crippen LogP contribution is 2.34. The summed E-state index contributed by atoms with van der Waals surface area (Å²) < 4.78 is 8.30. The van der Waals surface area contributed by atoms with Crippen molar-refractivity contribution < 1.29 is 9.53 Å². The Bertz CT molecular complexity index is 1350. The molecule has 1 fully saturated rings. The van der Waals surface area contributed by atoms with Crippen molar-refractivity contribution in [2.24, 2.45) is 0 Å². The molecular formula is C29H30ClN3O2. The summed E-state index contributed by atoms with van der Waals surface area (Å²) in [5.74, 6) is 1.87. The van der Waals surface area contributed by atoms with E-state index in [0.29, 0.717) is 31.1 Å². The van der Waals surface area contributed by atoms with Crippen molar-refractivity contribution in [2.45, 2.75) is 45.1 Å². The minimum Gasteiger partial charge on any atom is -0.492 e. The number of nitrogens with zero attached hydrogens (tertiary/aromatic N) is 3. The number of anilines is 1. The molecule has 1 aliphatic heterocycles. The topological polar surface area (TPSA) is 47.4 Å². The molecule has 0 N–H and O–H groups in total. The third kappa shape index (κ3) is 4.92. The molecule has 0 radical (unpaired) electrons. The van der Waals surface area contributed by atoms with Gasteiger partial charge in [-0.2, -0.15) is 0 Å². The van der Waals surface area contributed by atoms with E-state index in [4.69, 9.17) is 21.3 Å². The standard InChI is InChI=1S/C29H30ClN3O2/c1-29(2,3)21-11-13-24(14-12-21)35-16-15-32-26-10-5-4-9-25(26)31-28(32)20-17-27(34)33(19-20)23-8-6-7-22(30)18-23/h4-14,18,20H,15-17,19H2,1-3H3. The van der Waals surface area contributed by atoms with Crippen LogP contribution in [0.25, 0.3) is 11.0 Å². The second kappa shape index (κ2) is 9.38. The van der Waals surface area contributed by atoms with Gasteiger partial charge in [0.15, 0.2) is 0 Å². The Labute approximate surface area is 211 Å². The number of rotatable bonds is 6. The first kappa shape index (κ1) is 23.4. The van der Waals surface area contributed by atoms with Crippen molar-refractivity contribution in [3.8, 4) is 5.75 Å². The zero-order valence-electron chi connectivity index (χ0n) is 20.4. The minimum atomic E-state index is -0.0000456. The van der Waals surface area contributed by atoms with Crippen molar-refractivity contribution in [2.75, 3.05) is 18.1 Å². The lowest BCUT2D eigenvalue weighted by atomic mass is 9.87. The summed E-state index contributed by atoms with van der Waals surface area (Å²) in [6.07, 6.45) is 0.422. The fourth-order valence-electron chi connectivity index (χ4n) is 4.72. The van der Waals surface area contributed by atoms with E-state index in [-0.39, 0.29) is 17.2 Å². The van der Waals surface area contributed by atoms with Gasteiger partial charge >= 0.3 is 0 Å². The van der Waals surface area contributed by atoms with Gasteiger partial charge in [-0.1, -0.05) is 62.7 Å². The fraction of sp³-hybridized carbons (Fsp3) is 0.310. The van der Waals surface area contributed by atoms with E-state index in [1.54, 1.807) is 0 Å². The Morgan fingerprint density at radius 1 is 1.03 bits per heavy atom. The first-order valence-corrected chi connectivity index (χ1v) is 12.4. The number of ether oxygens (including phenoxy) is 1. The molecule has 2 heterocycles. The molecule has 5 nitrogen and oxygen atoms in total. The number of amides is 1. The van der Waals surface area contributed by atoms with Crippen LogP contribution in [0.3, 0.4) is 0 Å². The Kier molecular flexibility index (Phi) is 6.28. The molecule has 4 aromatic rings. The molecule has 35 heavy (non-hydrogen) atoms. The Morgan fingerprint density at radius 2 is 1.80 bits per heavy atom. The summed E-state index contributed by atoms with van der Waals surface area (Å²) in [4.78, 5) is 19.7. The summed E-state index contributed by atoms with van der Waals surface area (Å²) in [7, 11) is 0. The molecule has 0 bridgehead atoms. The smallest absolute Gasteiger partial charge is 0.227 e. The van der Waals surface area contributed by atoms with Gasteiger partial charge in [-0.3, -0.25) is 4.79 Å². The quantitative estimate of drug-likeness (QED) is 0.308. The molecular weight excluding hydrogens is 458 g/mol. The first-order chi connectivity index (χ1) is 16.8. The van der Waals surface area contributed by atoms with E-state index < -0.39 is 0 Å². The molecule has 0 aliphatic carbocycles. The van der Waals surface area contributed by atoms with Gasteiger partial charge in [0.05, 0.1) is 17.6 Å². The van der Waals surface area contributed by atoms with Crippen LogP contribution in [-0.4, -0.2) is 28.6 Å². The molecule has 1 aromatic heterocycles. The minimum absolute atomic E-state index is 0.0000456. The number of imidazole rings is 1. The van der Waals surface area contributed by atoms with E-state index >= 15 is 0 Å². The molecule has 1 saturated heterocycles. The van der Waals surface area contributed by atoms with E-state index in [2.05, 4.69) is 43.5 Å². The van der Waals surface area contributed by atoms with Crippen LogP contribution in [0.2, 0.25) is 5.02 Å². The molecule has 1 aliphatic rings. The summed E-state index contributed by atoms with van der Waals surface area (Å²) in [6, 6.07) is 23.9. The zero-order chi connectivity index (χ0) is 24.6. The Morgan fingerprint density at radius 3 is 2.54 bits per heavy atom. The molecule has 3 aromatic carbocycles. The number of hydrogen-bond donors (Lipinski definition) is 0. The molecule has 180 valence electrons. The van der Waals surface area contributed by atoms with Crippen LogP contribution in [0, 0.1) is 0 Å². The molecule has 0 saturated carbocycles. The maximum absolute atomic E-state index is 12.9. The predicted molar refractivity (Wildman–Crippen MR) is 142 cm³/mol. The highest BCUT2D eigenvalue weighted by Gasteiger charge is 2.35. The first-order valence-electron chi connectivity index (χ1n) is 12.0. The second-order valence-electron chi connectivity index (χ2n) is 10.1. The van der Waals surface area contributed by atoms with Crippen molar-refractivity contribution in [3.05, 3.63) is 89.2 Å². The molecule has 1 amide bonds. The van der Waals surface area contributed by atoms with Crippen LogP contribution in [-0.2, 0) is 16.8 Å². The maximum atomic E-state index is 12.9. The number of carbonyl (C=O) groups excluding carboxylic acids is 1. The van der Waals surface area contributed by atoms with Crippen LogP contribution < -0.4 is 9.64 Å². The number of halogens is 1. The Balaban J connectivity index is 1.36. The SMILES string of the molecule is CC(C)(C)c1ccc(OCCn2c(C3CC(=O)N(c4cccc(Cl)c4)C3)nc3ccccc32)cc1. The van der Waals surface area contributed by atoms with Crippen molar-refractivity contribution >= 4 is 34.2 Å². The number of carbonyl (C=O) groups is 1. The van der Waals surface area contributed by atoms with Gasteiger partial charge in [-0.05, 0) is 53.4 Å². The van der Waals surface area contributed by atoms with Crippen molar-refractivity contribution in [3.63, 3.8) is 0 Å². The number of aromatic nitrogens is 2. The molecule has 5 rings (SSSR count). The fourth-order valence-corrected chi connectivity index (χ4v) is 4.91. The summed E-state index contributed by atoms with van der Waals surface area (Å²) in [5, 5.41) is 0.624. The summed E-state index contributed by atoms with van der Waals surface area (Å²) >= 11 is 6.17. The van der Waals surface area contributed by atoms with E-state index in [9.17, 15) is 4.79 Å². The number of hydrogen-bond acceptors (Lipinski definition) is 3. The third-order valence-electron chi connectivity index (χ3n) is 6.60. The maximum Gasteiger partial charge on any atom is 0.227 e. The van der Waals surface area contributed by atoms with Gasteiger partial charge in [0, 0.05) is 29.6 Å². The van der Waals surface area contributed by atoms with Gasteiger partial charge in [0.25, 0.3) is 0 Å². The summed E-state index contributed by atoms with van der Waals surface area (Å²) in [5.41, 5.74) is 4.21. The number of para-hydroxylation sites is 2. The largest absolute Gasteiger partial charge is 0.492 e. The lowest BCUT2D eigenvalue weighted by molar-refractivity contribution is -0.117. The van der Waals surface area contributed by atoms with E-state index in [1.165, 1.54) is 5.56 Å². The average Bonchev–Trinajstić information content (AvgIpc) is 3.39. The summed E-state index contributed by atoms with van der Waals surface area (Å²) in [6.45, 7) is 8.36. The zero-order valence-corrected chi connectivity index (χ0v) is 21.1. The monoisotopic (exact) mass is 487 g/mol. The van der Waals surface area contributed by atoms with Gasteiger partial charge in [0.1, 0.15) is 18.2 Å². The third-order valence-corrected chi connectivity index (χ3v) is 6.83. The lowest BCUT2D eigenvalue weighted by Gasteiger charge is -2.19. The van der Waals surface area contributed by atoms with E-state index in [0.717, 1.165) is 28.3 Å². The van der Waals surface area contributed by atoms with Crippen LogP contribution in [0.4, 0.5) is 5.69 Å². The molecule has 6 heteroatoms. The van der Waals surface area contributed by atoms with Gasteiger partial charge in [0.2, 0.25) is 5.91 Å². The van der Waals surface area contributed by atoms with Crippen LogP contribution in [0.5, 0.6) is 5.75 Å². The van der Waals surface area contributed by atoms with Gasteiger partial charge in [-0.15, -0.1) is 0 Å². The van der Waals surface area contributed by atoms with Gasteiger partial charge < -0.3 is 14.2 Å². The van der Waals surface area contributed by atoms with E-state index in [1.807, 2.05) is 59.5 Å². The second-order valence-corrected chi connectivity index (χ2v) is 10.6. The van der Waals surface area contributed by atoms with Crippen LogP contribution in [0.15, 0.2) is 72.8 Å². The van der Waals surface area contributed by atoms with Crippen molar-refractivity contribution in [1.82, 2.24) is 9.55 Å². The van der Waals surface area contributed by atoms with Gasteiger partial charge in [-0.25, -0.2) is 4.98 Å².